The lowest BCUT2D eigenvalue weighted by Gasteiger charge is -2.02. The standard InChI is InChI=1S/C12H15ClN2/c1-2-3-4-7-15-9-14-11-8-10(13)5-6-12(11)15/h5-6,8-9H,2-4,7H2,1H3. The largest absolute Gasteiger partial charge is 0.331 e. The van der Waals surface area contributed by atoms with Gasteiger partial charge in [0.2, 0.25) is 0 Å². The van der Waals surface area contributed by atoms with Crippen molar-refractivity contribution in [1.29, 1.82) is 0 Å². The molecule has 3 heteroatoms. The lowest BCUT2D eigenvalue weighted by atomic mass is 10.2. The Balaban J connectivity index is 2.21. The highest BCUT2D eigenvalue weighted by atomic mass is 35.5. The highest BCUT2D eigenvalue weighted by molar-refractivity contribution is 6.31. The quantitative estimate of drug-likeness (QED) is 0.718. The van der Waals surface area contributed by atoms with Crippen molar-refractivity contribution in [2.45, 2.75) is 32.7 Å². The Bertz CT molecular complexity index is 448. The van der Waals surface area contributed by atoms with Crippen molar-refractivity contribution < 1.29 is 0 Å². The molecule has 2 rings (SSSR count). The summed E-state index contributed by atoms with van der Waals surface area (Å²) in [5.41, 5.74) is 2.16. The van der Waals surface area contributed by atoms with E-state index in [1.165, 1.54) is 24.8 Å². The van der Waals surface area contributed by atoms with Crippen LogP contribution in [0.15, 0.2) is 24.5 Å². The molecule has 0 bridgehead atoms. The molecule has 1 aromatic carbocycles. The maximum absolute atomic E-state index is 5.91. The number of hydrogen-bond acceptors (Lipinski definition) is 1. The van der Waals surface area contributed by atoms with E-state index in [2.05, 4.69) is 16.5 Å². The Morgan fingerprint density at radius 3 is 3.00 bits per heavy atom. The van der Waals surface area contributed by atoms with Gasteiger partial charge in [0.15, 0.2) is 0 Å². The van der Waals surface area contributed by atoms with Crippen LogP contribution in [0.3, 0.4) is 0 Å². The van der Waals surface area contributed by atoms with E-state index in [0.29, 0.717) is 0 Å². The smallest absolute Gasteiger partial charge is 0.0958 e. The SMILES string of the molecule is CCCCCn1cnc2cc(Cl)ccc21. The topological polar surface area (TPSA) is 17.8 Å². The van der Waals surface area contributed by atoms with Crippen molar-refractivity contribution in [3.05, 3.63) is 29.5 Å². The maximum atomic E-state index is 5.91. The Kier molecular flexibility index (Phi) is 3.27. The molecule has 0 unspecified atom stereocenters. The van der Waals surface area contributed by atoms with E-state index in [1.54, 1.807) is 0 Å². The van der Waals surface area contributed by atoms with E-state index < -0.39 is 0 Å². The molecular weight excluding hydrogens is 208 g/mol. The van der Waals surface area contributed by atoms with Gasteiger partial charge < -0.3 is 4.57 Å². The van der Waals surface area contributed by atoms with Gasteiger partial charge in [-0.05, 0) is 24.6 Å². The first-order chi connectivity index (χ1) is 7.31. The first-order valence-electron chi connectivity index (χ1n) is 5.41. The predicted octanol–water partition coefficient (Wildman–Crippen LogP) is 3.88. The van der Waals surface area contributed by atoms with Crippen LogP contribution in [0, 0.1) is 0 Å². The number of hydrogen-bond donors (Lipinski definition) is 0. The van der Waals surface area contributed by atoms with E-state index in [0.717, 1.165) is 17.1 Å². The third-order valence-corrected chi connectivity index (χ3v) is 2.82. The molecule has 0 atom stereocenters. The number of benzene rings is 1. The highest BCUT2D eigenvalue weighted by Gasteiger charge is 2.02. The average molecular weight is 223 g/mol. The lowest BCUT2D eigenvalue weighted by Crippen LogP contribution is -1.95. The molecule has 0 aliphatic heterocycles. The van der Waals surface area contributed by atoms with Crippen LogP contribution in [0.5, 0.6) is 0 Å². The molecule has 1 heterocycles. The second-order valence-electron chi connectivity index (χ2n) is 3.78. The van der Waals surface area contributed by atoms with Crippen molar-refractivity contribution >= 4 is 22.6 Å². The minimum Gasteiger partial charge on any atom is -0.331 e. The zero-order valence-corrected chi connectivity index (χ0v) is 9.67. The van der Waals surface area contributed by atoms with E-state index in [9.17, 15) is 0 Å². The molecule has 1 aromatic heterocycles. The molecule has 0 aliphatic carbocycles. The first kappa shape index (κ1) is 10.5. The molecule has 0 spiro atoms. The third kappa shape index (κ3) is 2.32. The van der Waals surface area contributed by atoms with Crippen LogP contribution in [0.25, 0.3) is 11.0 Å². The molecule has 15 heavy (non-hydrogen) atoms. The van der Waals surface area contributed by atoms with Crippen molar-refractivity contribution in [3.8, 4) is 0 Å². The van der Waals surface area contributed by atoms with Crippen LogP contribution in [0.2, 0.25) is 5.02 Å². The zero-order chi connectivity index (χ0) is 10.7. The summed E-state index contributed by atoms with van der Waals surface area (Å²) in [5, 5.41) is 0.751. The minimum absolute atomic E-state index is 0.751. The van der Waals surface area contributed by atoms with Crippen LogP contribution in [0.4, 0.5) is 0 Å². The second kappa shape index (κ2) is 4.67. The van der Waals surface area contributed by atoms with Crippen molar-refractivity contribution in [1.82, 2.24) is 9.55 Å². The predicted molar refractivity (Wildman–Crippen MR) is 64.3 cm³/mol. The summed E-state index contributed by atoms with van der Waals surface area (Å²) in [4.78, 5) is 4.34. The number of rotatable bonds is 4. The summed E-state index contributed by atoms with van der Waals surface area (Å²) >= 11 is 5.91. The fourth-order valence-corrected chi connectivity index (χ4v) is 1.91. The van der Waals surface area contributed by atoms with Gasteiger partial charge in [-0.1, -0.05) is 31.4 Å². The molecule has 0 saturated heterocycles. The molecule has 2 aromatic rings. The molecule has 0 aliphatic rings. The Labute approximate surface area is 94.9 Å². The Morgan fingerprint density at radius 2 is 2.20 bits per heavy atom. The van der Waals surface area contributed by atoms with Crippen LogP contribution < -0.4 is 0 Å². The van der Waals surface area contributed by atoms with Gasteiger partial charge in [-0.15, -0.1) is 0 Å². The van der Waals surface area contributed by atoms with E-state index in [4.69, 9.17) is 11.6 Å². The van der Waals surface area contributed by atoms with Gasteiger partial charge in [-0.3, -0.25) is 0 Å². The van der Waals surface area contributed by atoms with Crippen molar-refractivity contribution in [3.63, 3.8) is 0 Å². The molecule has 80 valence electrons. The molecular formula is C12H15ClN2. The van der Waals surface area contributed by atoms with E-state index in [1.807, 2.05) is 24.5 Å². The second-order valence-corrected chi connectivity index (χ2v) is 4.21. The van der Waals surface area contributed by atoms with Crippen molar-refractivity contribution in [2.24, 2.45) is 0 Å². The van der Waals surface area contributed by atoms with Gasteiger partial charge in [-0.25, -0.2) is 4.98 Å². The average Bonchev–Trinajstić information content (AvgIpc) is 2.61. The van der Waals surface area contributed by atoms with Crippen LogP contribution in [0.1, 0.15) is 26.2 Å². The molecule has 0 fully saturated rings. The maximum Gasteiger partial charge on any atom is 0.0958 e. The lowest BCUT2D eigenvalue weighted by molar-refractivity contribution is 0.613. The Hall–Kier alpha value is -1.02. The minimum atomic E-state index is 0.751. The monoisotopic (exact) mass is 222 g/mol. The van der Waals surface area contributed by atoms with Crippen molar-refractivity contribution in [2.75, 3.05) is 0 Å². The fourth-order valence-electron chi connectivity index (χ4n) is 1.75. The normalized spacial score (nSPS) is 11.1. The summed E-state index contributed by atoms with van der Waals surface area (Å²) in [5.74, 6) is 0. The highest BCUT2D eigenvalue weighted by Crippen LogP contribution is 2.18. The number of imidazole rings is 1. The fraction of sp³-hybridized carbons (Fsp3) is 0.417. The van der Waals surface area contributed by atoms with Gasteiger partial charge in [0.05, 0.1) is 17.4 Å². The van der Waals surface area contributed by atoms with Gasteiger partial charge in [0.25, 0.3) is 0 Å². The summed E-state index contributed by atoms with van der Waals surface area (Å²) < 4.78 is 2.20. The molecule has 0 amide bonds. The number of aryl methyl sites for hydroxylation is 1. The first-order valence-corrected chi connectivity index (χ1v) is 5.79. The zero-order valence-electron chi connectivity index (χ0n) is 8.91. The molecule has 0 radical (unpaired) electrons. The van der Waals surface area contributed by atoms with Gasteiger partial charge in [-0.2, -0.15) is 0 Å². The number of aromatic nitrogens is 2. The summed E-state index contributed by atoms with van der Waals surface area (Å²) in [6.45, 7) is 3.26. The van der Waals surface area contributed by atoms with E-state index in [-0.39, 0.29) is 0 Å². The number of nitrogens with zero attached hydrogens (tertiary/aromatic N) is 2. The number of unbranched alkanes of at least 4 members (excludes halogenated alkanes) is 2. The summed E-state index contributed by atoms with van der Waals surface area (Å²) in [6.07, 6.45) is 5.63. The van der Waals surface area contributed by atoms with Crippen LogP contribution in [-0.4, -0.2) is 9.55 Å². The van der Waals surface area contributed by atoms with E-state index >= 15 is 0 Å². The molecule has 0 N–H and O–H groups in total. The molecule has 2 nitrogen and oxygen atoms in total. The Morgan fingerprint density at radius 1 is 1.33 bits per heavy atom. The van der Waals surface area contributed by atoms with Gasteiger partial charge >= 0.3 is 0 Å². The van der Waals surface area contributed by atoms with Crippen LogP contribution in [-0.2, 0) is 6.54 Å². The van der Waals surface area contributed by atoms with Crippen LogP contribution >= 0.6 is 11.6 Å². The summed E-state index contributed by atoms with van der Waals surface area (Å²) in [7, 11) is 0. The molecule has 0 saturated carbocycles. The van der Waals surface area contributed by atoms with Gasteiger partial charge in [0, 0.05) is 11.6 Å². The number of halogens is 1. The summed E-state index contributed by atoms with van der Waals surface area (Å²) in [6, 6.07) is 5.87. The van der Waals surface area contributed by atoms with Gasteiger partial charge in [0.1, 0.15) is 0 Å². The number of fused-ring (bicyclic) bond motifs is 1. The third-order valence-electron chi connectivity index (χ3n) is 2.59.